The molecule has 174 valence electrons. The fourth-order valence-electron chi connectivity index (χ4n) is 4.28. The highest BCUT2D eigenvalue weighted by Gasteiger charge is 2.38. The molecule has 0 bridgehead atoms. The van der Waals surface area contributed by atoms with E-state index < -0.39 is 24.5 Å². The first kappa shape index (κ1) is 22.4. The molecule has 0 radical (unpaired) electrons. The Morgan fingerprint density at radius 2 is 1.77 bits per heavy atom. The first-order valence-corrected chi connectivity index (χ1v) is 10.7. The molecule has 1 amide bonds. The van der Waals surface area contributed by atoms with Crippen molar-refractivity contribution in [1.29, 1.82) is 5.26 Å². The minimum absolute atomic E-state index is 0.114. The highest BCUT2D eigenvalue weighted by atomic mass is 19.3. The lowest BCUT2D eigenvalue weighted by Crippen LogP contribution is -2.33. The number of nitriles is 1. The number of benzene rings is 3. The minimum atomic E-state index is -2.90. The predicted molar refractivity (Wildman–Crippen MR) is 120 cm³/mol. The molecule has 3 aromatic carbocycles. The molecule has 4 aromatic rings. The molecule has 1 aliphatic heterocycles. The van der Waals surface area contributed by atoms with Gasteiger partial charge in [0.25, 0.3) is 11.8 Å². The zero-order valence-electron chi connectivity index (χ0n) is 18.2. The zero-order chi connectivity index (χ0) is 24.5. The molecule has 35 heavy (non-hydrogen) atoms. The molecular weight excluding hydrogens is 454 g/mol. The molecular formula is C26H18F2N4O3. The fraction of sp³-hybridized carbons (Fsp3) is 0.154. The van der Waals surface area contributed by atoms with E-state index in [4.69, 9.17) is 4.42 Å². The molecule has 0 fully saturated rings. The van der Waals surface area contributed by atoms with Gasteiger partial charge in [0, 0.05) is 17.7 Å². The number of carbonyl (C=O) groups is 1. The van der Waals surface area contributed by atoms with Crippen molar-refractivity contribution in [2.24, 2.45) is 0 Å². The van der Waals surface area contributed by atoms with Crippen molar-refractivity contribution in [2.75, 3.05) is 0 Å². The second-order valence-corrected chi connectivity index (χ2v) is 8.09. The summed E-state index contributed by atoms with van der Waals surface area (Å²) in [6.07, 6.45) is -3.96. The second-order valence-electron chi connectivity index (χ2n) is 8.09. The van der Waals surface area contributed by atoms with E-state index in [1.165, 1.54) is 6.07 Å². The number of hydrogen-bond acceptors (Lipinski definition) is 6. The first-order chi connectivity index (χ1) is 17.0. The van der Waals surface area contributed by atoms with E-state index in [9.17, 15) is 23.9 Å². The van der Waals surface area contributed by atoms with Gasteiger partial charge in [-0.3, -0.25) is 4.79 Å². The Morgan fingerprint density at radius 1 is 1.00 bits per heavy atom. The van der Waals surface area contributed by atoms with E-state index in [-0.39, 0.29) is 18.3 Å². The van der Waals surface area contributed by atoms with Gasteiger partial charge in [-0.25, -0.2) is 0 Å². The number of carbonyl (C=O) groups excluding carboxylic acids is 1. The normalized spacial score (nSPS) is 14.6. The van der Waals surface area contributed by atoms with Crippen LogP contribution in [0, 0.1) is 11.3 Å². The quantitative estimate of drug-likeness (QED) is 0.425. The lowest BCUT2D eigenvalue weighted by atomic mass is 9.93. The number of hydrogen-bond donors (Lipinski definition) is 1. The summed E-state index contributed by atoms with van der Waals surface area (Å²) in [7, 11) is 0. The monoisotopic (exact) mass is 472 g/mol. The van der Waals surface area contributed by atoms with Gasteiger partial charge < -0.3 is 14.4 Å². The van der Waals surface area contributed by atoms with Gasteiger partial charge in [-0.05, 0) is 41.0 Å². The predicted octanol–water partition coefficient (Wildman–Crippen LogP) is 4.98. The van der Waals surface area contributed by atoms with E-state index in [1.807, 2.05) is 6.07 Å². The largest absolute Gasteiger partial charge is 0.415 e. The lowest BCUT2D eigenvalue weighted by Gasteiger charge is -2.32. The van der Waals surface area contributed by atoms with Crippen molar-refractivity contribution < 1.29 is 23.1 Å². The molecule has 1 N–H and O–H groups in total. The number of aromatic nitrogens is 2. The highest BCUT2D eigenvalue weighted by molar-refractivity contribution is 5.99. The summed E-state index contributed by atoms with van der Waals surface area (Å²) < 4.78 is 30.7. The van der Waals surface area contributed by atoms with Crippen LogP contribution in [0.3, 0.4) is 0 Å². The third-order valence-corrected chi connectivity index (χ3v) is 5.95. The first-order valence-electron chi connectivity index (χ1n) is 10.7. The van der Waals surface area contributed by atoms with Crippen molar-refractivity contribution in [3.8, 4) is 17.5 Å². The summed E-state index contributed by atoms with van der Waals surface area (Å²) in [6, 6.07) is 21.9. The smallest absolute Gasteiger partial charge is 0.314 e. The van der Waals surface area contributed by atoms with E-state index >= 15 is 0 Å². The summed E-state index contributed by atoms with van der Waals surface area (Å²) >= 11 is 0. The van der Waals surface area contributed by atoms with Gasteiger partial charge in [0.05, 0.1) is 17.7 Å². The van der Waals surface area contributed by atoms with Gasteiger partial charge in [-0.15, -0.1) is 10.2 Å². The molecule has 7 nitrogen and oxygen atoms in total. The molecule has 0 aliphatic carbocycles. The second kappa shape index (κ2) is 9.08. The number of rotatable bonds is 6. The van der Waals surface area contributed by atoms with Crippen molar-refractivity contribution in [3.63, 3.8) is 0 Å². The molecule has 1 aliphatic rings. The van der Waals surface area contributed by atoms with Crippen LogP contribution >= 0.6 is 0 Å². The van der Waals surface area contributed by atoms with Crippen LogP contribution in [0.4, 0.5) is 8.78 Å². The van der Waals surface area contributed by atoms with Gasteiger partial charge in [0.15, 0.2) is 0 Å². The van der Waals surface area contributed by atoms with E-state index in [0.29, 0.717) is 33.4 Å². The van der Waals surface area contributed by atoms with Crippen LogP contribution in [0.1, 0.15) is 57.1 Å². The molecule has 1 aromatic heterocycles. The maximum absolute atomic E-state index is 13.6. The number of fused-ring (bicyclic) bond motifs is 1. The van der Waals surface area contributed by atoms with Crippen LogP contribution < -0.4 is 0 Å². The average Bonchev–Trinajstić information content (AvgIpc) is 3.50. The highest BCUT2D eigenvalue weighted by Crippen LogP contribution is 2.40. The summed E-state index contributed by atoms with van der Waals surface area (Å²) in [5.41, 5.74) is 3.03. The SMILES string of the molecule is N#Cc1cccc([C@H]([C@@H](O)c2ccccc2)N2Cc3ccc(-c4nnc(C(F)F)o4)cc3C2=O)c1. The van der Waals surface area contributed by atoms with Crippen molar-refractivity contribution in [1.82, 2.24) is 15.1 Å². The van der Waals surface area contributed by atoms with Gasteiger partial charge in [-0.1, -0.05) is 48.5 Å². The van der Waals surface area contributed by atoms with Crippen LogP contribution in [0.15, 0.2) is 77.2 Å². The van der Waals surface area contributed by atoms with Crippen molar-refractivity contribution in [3.05, 3.63) is 107 Å². The van der Waals surface area contributed by atoms with Crippen LogP contribution in [0.5, 0.6) is 0 Å². The fourth-order valence-corrected chi connectivity index (χ4v) is 4.28. The number of aliphatic hydroxyl groups excluding tert-OH is 1. The number of amides is 1. The molecule has 2 atom stereocenters. The Labute approximate surface area is 198 Å². The van der Waals surface area contributed by atoms with E-state index in [1.54, 1.807) is 65.6 Å². The Hall–Kier alpha value is -4.42. The molecule has 0 spiro atoms. The Morgan fingerprint density at radius 3 is 2.49 bits per heavy atom. The van der Waals surface area contributed by atoms with E-state index in [2.05, 4.69) is 16.3 Å². The standard InChI is InChI=1S/C26H18F2N4O3/c27-23(28)25-31-30-24(35-25)18-9-10-19-14-32(26(34)20(19)12-18)21(17-8-4-5-15(11-17)13-29)22(33)16-6-2-1-3-7-16/h1-12,21-23,33H,14H2/t21-,22+/m1/s1. The summed E-state index contributed by atoms with van der Waals surface area (Å²) in [5, 5.41) is 27.7. The van der Waals surface area contributed by atoms with Gasteiger partial charge in [0.1, 0.15) is 6.10 Å². The van der Waals surface area contributed by atoms with Crippen molar-refractivity contribution in [2.45, 2.75) is 25.1 Å². The third-order valence-electron chi connectivity index (χ3n) is 5.95. The number of nitrogens with zero attached hydrogens (tertiary/aromatic N) is 4. The number of alkyl halides is 2. The van der Waals surface area contributed by atoms with Gasteiger partial charge in [0.2, 0.25) is 5.89 Å². The molecule has 0 saturated carbocycles. The van der Waals surface area contributed by atoms with Crippen LogP contribution in [-0.4, -0.2) is 26.1 Å². The molecule has 2 heterocycles. The minimum Gasteiger partial charge on any atom is -0.415 e. The maximum atomic E-state index is 13.6. The number of halogens is 2. The summed E-state index contributed by atoms with van der Waals surface area (Å²) in [5.74, 6) is -1.26. The van der Waals surface area contributed by atoms with Gasteiger partial charge in [-0.2, -0.15) is 14.0 Å². The van der Waals surface area contributed by atoms with Crippen LogP contribution in [-0.2, 0) is 6.54 Å². The summed E-state index contributed by atoms with van der Waals surface area (Å²) in [6.45, 7) is 0.214. The molecule has 9 heteroatoms. The Bertz CT molecular complexity index is 1430. The van der Waals surface area contributed by atoms with E-state index in [0.717, 1.165) is 0 Å². The van der Waals surface area contributed by atoms with Crippen molar-refractivity contribution >= 4 is 5.91 Å². The van der Waals surface area contributed by atoms with Crippen LogP contribution in [0.2, 0.25) is 0 Å². The number of aliphatic hydroxyl groups is 1. The molecule has 0 saturated heterocycles. The molecule has 0 unspecified atom stereocenters. The Kier molecular flexibility index (Phi) is 5.81. The van der Waals surface area contributed by atoms with Gasteiger partial charge >= 0.3 is 6.43 Å². The Balaban J connectivity index is 1.53. The topological polar surface area (TPSA) is 103 Å². The molecule has 5 rings (SSSR count). The average molecular weight is 472 g/mol. The lowest BCUT2D eigenvalue weighted by molar-refractivity contribution is 0.0360. The third kappa shape index (κ3) is 4.16. The van der Waals surface area contributed by atoms with Crippen LogP contribution in [0.25, 0.3) is 11.5 Å². The summed E-state index contributed by atoms with van der Waals surface area (Å²) in [4.78, 5) is 15.1. The zero-order valence-corrected chi connectivity index (χ0v) is 18.2. The maximum Gasteiger partial charge on any atom is 0.314 e.